The molecule has 1 amide bonds. The van der Waals surface area contributed by atoms with Crippen LogP contribution in [0.3, 0.4) is 0 Å². The van der Waals surface area contributed by atoms with Gasteiger partial charge in [0.05, 0.1) is 17.9 Å². The SMILES string of the molecule is Cc1cc(I)ccc1Nc1c(OCCCO)cccc1C(N)=O. The number of amides is 1. The summed E-state index contributed by atoms with van der Waals surface area (Å²) in [6, 6.07) is 11.1. The fourth-order valence-electron chi connectivity index (χ4n) is 2.13. The Morgan fingerprint density at radius 3 is 2.78 bits per heavy atom. The summed E-state index contributed by atoms with van der Waals surface area (Å²) in [5.41, 5.74) is 8.32. The van der Waals surface area contributed by atoms with Crippen LogP contribution in [-0.4, -0.2) is 24.2 Å². The lowest BCUT2D eigenvalue weighted by molar-refractivity contribution is 0.100. The van der Waals surface area contributed by atoms with Crippen LogP contribution in [0.25, 0.3) is 0 Å². The van der Waals surface area contributed by atoms with E-state index < -0.39 is 5.91 Å². The second-order valence-corrected chi connectivity index (χ2v) is 6.30. The molecule has 0 heterocycles. The standard InChI is InChI=1S/C17H19IN2O3/c1-11-10-12(18)6-7-14(11)20-16-13(17(19)22)4-2-5-15(16)23-9-3-8-21/h2,4-7,10,20-21H,3,8-9H2,1H3,(H2,19,22). The number of benzene rings is 2. The first-order valence-corrected chi connectivity index (χ1v) is 8.30. The van der Waals surface area contributed by atoms with Crippen LogP contribution >= 0.6 is 22.6 Å². The van der Waals surface area contributed by atoms with Gasteiger partial charge >= 0.3 is 0 Å². The number of halogens is 1. The Bertz CT molecular complexity index is 704. The van der Waals surface area contributed by atoms with Crippen LogP contribution in [0.15, 0.2) is 36.4 Å². The van der Waals surface area contributed by atoms with Gasteiger partial charge in [0.15, 0.2) is 0 Å². The molecule has 0 spiro atoms. The van der Waals surface area contributed by atoms with E-state index in [1.54, 1.807) is 18.2 Å². The molecule has 0 atom stereocenters. The van der Waals surface area contributed by atoms with Crippen LogP contribution in [0.4, 0.5) is 11.4 Å². The summed E-state index contributed by atoms with van der Waals surface area (Å²) < 4.78 is 6.81. The number of primary amides is 1. The average Bonchev–Trinajstić information content (AvgIpc) is 2.51. The summed E-state index contributed by atoms with van der Waals surface area (Å²) in [6.07, 6.45) is 0.517. The molecule has 2 aromatic carbocycles. The zero-order chi connectivity index (χ0) is 16.8. The monoisotopic (exact) mass is 426 g/mol. The Hall–Kier alpha value is -1.80. The maximum Gasteiger partial charge on any atom is 0.250 e. The van der Waals surface area contributed by atoms with Crippen molar-refractivity contribution in [3.63, 3.8) is 0 Å². The summed E-state index contributed by atoms with van der Waals surface area (Å²) in [4.78, 5) is 11.7. The van der Waals surface area contributed by atoms with Crippen LogP contribution in [0.2, 0.25) is 0 Å². The van der Waals surface area contributed by atoms with E-state index in [2.05, 4.69) is 27.9 Å². The molecule has 2 rings (SSSR count). The summed E-state index contributed by atoms with van der Waals surface area (Å²) >= 11 is 2.25. The molecule has 0 aliphatic rings. The van der Waals surface area contributed by atoms with Crippen LogP contribution < -0.4 is 15.8 Å². The number of carbonyl (C=O) groups excluding carboxylic acids is 1. The molecule has 23 heavy (non-hydrogen) atoms. The highest BCUT2D eigenvalue weighted by Crippen LogP contribution is 2.33. The largest absolute Gasteiger partial charge is 0.491 e. The topological polar surface area (TPSA) is 84.6 Å². The molecule has 0 bridgehead atoms. The van der Waals surface area contributed by atoms with Crippen molar-refractivity contribution in [2.45, 2.75) is 13.3 Å². The van der Waals surface area contributed by atoms with E-state index in [0.717, 1.165) is 14.8 Å². The van der Waals surface area contributed by atoms with Gasteiger partial charge < -0.3 is 20.9 Å². The number of nitrogens with one attached hydrogen (secondary N) is 1. The van der Waals surface area contributed by atoms with Crippen molar-refractivity contribution in [1.82, 2.24) is 0 Å². The van der Waals surface area contributed by atoms with E-state index >= 15 is 0 Å². The van der Waals surface area contributed by atoms with E-state index in [-0.39, 0.29) is 6.61 Å². The molecule has 0 aliphatic carbocycles. The third kappa shape index (κ3) is 4.59. The molecule has 0 radical (unpaired) electrons. The minimum atomic E-state index is -0.525. The van der Waals surface area contributed by atoms with Gasteiger partial charge in [0, 0.05) is 22.3 Å². The minimum Gasteiger partial charge on any atom is -0.491 e. The second-order valence-electron chi connectivity index (χ2n) is 5.05. The summed E-state index contributed by atoms with van der Waals surface area (Å²) in [5, 5.41) is 12.1. The smallest absolute Gasteiger partial charge is 0.250 e. The average molecular weight is 426 g/mol. The van der Waals surface area contributed by atoms with E-state index in [9.17, 15) is 4.79 Å². The molecule has 6 heteroatoms. The lowest BCUT2D eigenvalue weighted by Gasteiger charge is -2.17. The highest BCUT2D eigenvalue weighted by Gasteiger charge is 2.15. The molecular weight excluding hydrogens is 407 g/mol. The van der Waals surface area contributed by atoms with Gasteiger partial charge in [-0.05, 0) is 65.4 Å². The third-order valence-corrected chi connectivity index (χ3v) is 3.97. The van der Waals surface area contributed by atoms with Gasteiger partial charge in [-0.25, -0.2) is 0 Å². The Balaban J connectivity index is 2.38. The lowest BCUT2D eigenvalue weighted by atomic mass is 10.1. The zero-order valence-electron chi connectivity index (χ0n) is 12.8. The Morgan fingerprint density at radius 1 is 1.35 bits per heavy atom. The molecule has 0 aliphatic heterocycles. The van der Waals surface area contributed by atoms with Gasteiger partial charge in [0.25, 0.3) is 5.91 Å². The van der Waals surface area contributed by atoms with Gasteiger partial charge in [-0.2, -0.15) is 0 Å². The summed E-state index contributed by atoms with van der Waals surface area (Å²) in [5.74, 6) is 0.0102. The first-order chi connectivity index (χ1) is 11.0. The Labute approximate surface area is 149 Å². The van der Waals surface area contributed by atoms with E-state index in [4.69, 9.17) is 15.6 Å². The van der Waals surface area contributed by atoms with E-state index in [1.165, 1.54) is 0 Å². The number of hydrogen-bond donors (Lipinski definition) is 3. The number of aliphatic hydroxyl groups is 1. The number of hydrogen-bond acceptors (Lipinski definition) is 4. The van der Waals surface area contributed by atoms with Crippen molar-refractivity contribution in [3.05, 3.63) is 51.1 Å². The number of nitrogens with two attached hydrogens (primary N) is 1. The first-order valence-electron chi connectivity index (χ1n) is 7.22. The van der Waals surface area contributed by atoms with Gasteiger partial charge in [-0.1, -0.05) is 6.07 Å². The molecule has 0 aromatic heterocycles. The summed E-state index contributed by atoms with van der Waals surface area (Å²) in [6.45, 7) is 2.40. The van der Waals surface area contributed by atoms with Gasteiger partial charge in [0.1, 0.15) is 5.75 Å². The van der Waals surface area contributed by atoms with Crippen molar-refractivity contribution in [3.8, 4) is 5.75 Å². The van der Waals surface area contributed by atoms with E-state index in [0.29, 0.717) is 30.0 Å². The van der Waals surface area contributed by atoms with Crippen LogP contribution in [0.5, 0.6) is 5.75 Å². The van der Waals surface area contributed by atoms with Crippen molar-refractivity contribution in [2.75, 3.05) is 18.5 Å². The number of aliphatic hydroxyl groups excluding tert-OH is 1. The van der Waals surface area contributed by atoms with Crippen molar-refractivity contribution in [1.29, 1.82) is 0 Å². The number of ether oxygens (including phenoxy) is 1. The van der Waals surface area contributed by atoms with E-state index in [1.807, 2.05) is 25.1 Å². The molecule has 2 aromatic rings. The molecule has 4 N–H and O–H groups in total. The number of rotatable bonds is 7. The van der Waals surface area contributed by atoms with Crippen molar-refractivity contribution in [2.24, 2.45) is 5.73 Å². The predicted molar refractivity (Wildman–Crippen MR) is 99.3 cm³/mol. The highest BCUT2D eigenvalue weighted by molar-refractivity contribution is 14.1. The molecule has 0 unspecified atom stereocenters. The van der Waals surface area contributed by atoms with Crippen molar-refractivity contribution < 1.29 is 14.6 Å². The lowest BCUT2D eigenvalue weighted by Crippen LogP contribution is -2.14. The number of anilines is 2. The van der Waals surface area contributed by atoms with Crippen LogP contribution in [-0.2, 0) is 0 Å². The van der Waals surface area contributed by atoms with Crippen LogP contribution in [0, 0.1) is 10.5 Å². The maximum absolute atomic E-state index is 11.7. The molecule has 122 valence electrons. The normalized spacial score (nSPS) is 10.4. The van der Waals surface area contributed by atoms with Gasteiger partial charge in [-0.15, -0.1) is 0 Å². The minimum absolute atomic E-state index is 0.0501. The first kappa shape index (κ1) is 17.6. The van der Waals surface area contributed by atoms with Crippen LogP contribution in [0.1, 0.15) is 22.3 Å². The molecule has 0 saturated heterocycles. The Kier molecular flexibility index (Phi) is 6.23. The molecule has 5 nitrogen and oxygen atoms in total. The zero-order valence-corrected chi connectivity index (χ0v) is 15.0. The highest BCUT2D eigenvalue weighted by atomic mass is 127. The van der Waals surface area contributed by atoms with Crippen molar-refractivity contribution >= 4 is 39.9 Å². The second kappa shape index (κ2) is 8.16. The van der Waals surface area contributed by atoms with Gasteiger partial charge in [-0.3, -0.25) is 4.79 Å². The molecular formula is C17H19IN2O3. The predicted octanol–water partition coefficient (Wildman–Crippen LogP) is 3.20. The fourth-order valence-corrected chi connectivity index (χ4v) is 2.78. The fraction of sp³-hybridized carbons (Fsp3) is 0.235. The summed E-state index contributed by atoms with van der Waals surface area (Å²) in [7, 11) is 0. The molecule has 0 saturated carbocycles. The van der Waals surface area contributed by atoms with Gasteiger partial charge in [0.2, 0.25) is 0 Å². The molecule has 0 fully saturated rings. The third-order valence-electron chi connectivity index (χ3n) is 3.30. The Morgan fingerprint density at radius 2 is 2.13 bits per heavy atom. The quantitative estimate of drug-likeness (QED) is 0.469. The number of para-hydroxylation sites is 1. The maximum atomic E-state index is 11.7. The number of carbonyl (C=O) groups is 1. The number of aryl methyl sites for hydroxylation is 1.